The Balaban J connectivity index is 0.000000396. The van der Waals surface area contributed by atoms with Gasteiger partial charge in [-0.3, -0.25) is 19.7 Å². The maximum Gasteiger partial charge on any atom is 0.490 e. The first kappa shape index (κ1) is 38.5. The van der Waals surface area contributed by atoms with Crippen LogP contribution in [0.15, 0.2) is 49.1 Å². The molecule has 2 fully saturated rings. The Morgan fingerprint density at radius 2 is 1.22 bits per heavy atom. The predicted molar refractivity (Wildman–Crippen MR) is 132 cm³/mol. The Morgan fingerprint density at radius 1 is 0.800 bits per heavy atom. The van der Waals surface area contributed by atoms with Crippen LogP contribution in [0.25, 0.3) is 0 Å². The lowest BCUT2D eigenvalue weighted by Gasteiger charge is -2.39. The molecule has 1 unspecified atom stereocenters. The topological polar surface area (TPSA) is 170 Å². The Hall–Kier alpha value is -4.49. The Labute approximate surface area is 247 Å². The number of pyridine rings is 2. The van der Waals surface area contributed by atoms with Crippen LogP contribution in [0.4, 0.5) is 39.5 Å². The number of nitrogens with one attached hydrogen (secondary N) is 1. The van der Waals surface area contributed by atoms with E-state index >= 15 is 0 Å². The number of nitrogens with zero attached hydrogens (tertiary/aromatic N) is 3. The maximum atomic E-state index is 12.5. The van der Waals surface area contributed by atoms with Crippen LogP contribution >= 0.6 is 0 Å². The van der Waals surface area contributed by atoms with Gasteiger partial charge in [0.15, 0.2) is 0 Å². The number of amides is 1. The van der Waals surface area contributed by atoms with E-state index < -0.39 is 36.4 Å². The Morgan fingerprint density at radius 3 is 1.58 bits per heavy atom. The van der Waals surface area contributed by atoms with Crippen LogP contribution < -0.4 is 5.32 Å². The Bertz CT molecular complexity index is 1210. The van der Waals surface area contributed by atoms with Crippen LogP contribution in [-0.2, 0) is 25.7 Å². The van der Waals surface area contributed by atoms with Gasteiger partial charge in [0.2, 0.25) is 5.91 Å². The molecular weight excluding hydrogens is 639 g/mol. The van der Waals surface area contributed by atoms with E-state index in [0.29, 0.717) is 0 Å². The quantitative estimate of drug-likeness (QED) is 0.352. The highest BCUT2D eigenvalue weighted by molar-refractivity contribution is 5.87. The number of carboxylic acids is 3. The van der Waals surface area contributed by atoms with Crippen molar-refractivity contribution in [3.05, 3.63) is 60.2 Å². The molecule has 45 heavy (non-hydrogen) atoms. The molecule has 0 bridgehead atoms. The molecule has 20 heteroatoms. The number of hydrogen-bond acceptors (Lipinski definition) is 7. The van der Waals surface area contributed by atoms with Crippen LogP contribution in [0.1, 0.15) is 36.3 Å². The van der Waals surface area contributed by atoms with Gasteiger partial charge < -0.3 is 20.6 Å². The number of aliphatic carboxylic acids is 3. The molecule has 11 nitrogen and oxygen atoms in total. The fraction of sp³-hybridized carbons (Fsp3) is 0.440. The van der Waals surface area contributed by atoms with Crippen LogP contribution in [0.3, 0.4) is 0 Å². The SMILES string of the molecule is O=C(O)C(F)(F)F.O=C(O)C(F)(F)F.O=C(O)C(F)(F)F.O=C1NC2(CCN(Cc3cccnc3)CC2)CC1c1cccnc1. The van der Waals surface area contributed by atoms with Crippen LogP contribution in [0, 0.1) is 0 Å². The van der Waals surface area contributed by atoms with Gasteiger partial charge in [-0.1, -0.05) is 12.1 Å². The summed E-state index contributed by atoms with van der Waals surface area (Å²) in [7, 11) is 0. The number of carbonyl (C=O) groups excluding carboxylic acids is 1. The second-order valence-corrected chi connectivity index (χ2v) is 9.36. The van der Waals surface area contributed by atoms with Gasteiger partial charge in [0.25, 0.3) is 0 Å². The number of rotatable bonds is 3. The standard InChI is InChI=1S/C19H22N4O.3C2HF3O2/c24-18-17(16-4-2-8-21-13-16)11-19(22-18)5-9-23(10-6-19)14-15-3-1-7-20-12-15;3*3-2(4,5)1(6)7/h1-4,7-8,12-13,17H,5-6,9-11,14H2,(H,22,24);3*(H,6,7). The molecule has 2 aromatic heterocycles. The number of alkyl halides is 9. The summed E-state index contributed by atoms with van der Waals surface area (Å²) in [5, 5.41) is 24.7. The lowest BCUT2D eigenvalue weighted by atomic mass is 9.82. The molecule has 4 rings (SSSR count). The number of aromatic nitrogens is 2. The fourth-order valence-electron chi connectivity index (χ4n) is 3.95. The molecule has 1 amide bonds. The average Bonchev–Trinajstić information content (AvgIpc) is 3.26. The first-order valence-corrected chi connectivity index (χ1v) is 12.3. The first-order valence-electron chi connectivity index (χ1n) is 12.3. The van der Waals surface area contributed by atoms with E-state index in [4.69, 9.17) is 29.7 Å². The van der Waals surface area contributed by atoms with Crippen LogP contribution in [0.5, 0.6) is 0 Å². The summed E-state index contributed by atoms with van der Waals surface area (Å²) in [6.07, 6.45) is -5.03. The second kappa shape index (κ2) is 16.0. The van der Waals surface area contributed by atoms with E-state index in [1.165, 1.54) is 5.56 Å². The van der Waals surface area contributed by atoms with Crippen molar-refractivity contribution in [2.45, 2.75) is 55.8 Å². The summed E-state index contributed by atoms with van der Waals surface area (Å²) in [5.74, 6) is -8.17. The van der Waals surface area contributed by atoms with E-state index in [0.717, 1.165) is 44.5 Å². The molecule has 4 N–H and O–H groups in total. The number of hydrogen-bond donors (Lipinski definition) is 4. The van der Waals surface area contributed by atoms with Gasteiger partial charge in [0.05, 0.1) is 5.92 Å². The number of carboxylic acid groups (broad SMARTS) is 3. The highest BCUT2D eigenvalue weighted by atomic mass is 19.4. The van der Waals surface area contributed by atoms with Crippen molar-refractivity contribution < 1.29 is 74.0 Å². The zero-order valence-corrected chi connectivity index (χ0v) is 22.7. The van der Waals surface area contributed by atoms with Gasteiger partial charge >= 0.3 is 36.4 Å². The van der Waals surface area contributed by atoms with Crippen molar-refractivity contribution in [3.63, 3.8) is 0 Å². The van der Waals surface area contributed by atoms with Gasteiger partial charge in [0.1, 0.15) is 0 Å². The molecule has 2 aliphatic heterocycles. The minimum Gasteiger partial charge on any atom is -0.475 e. The largest absolute Gasteiger partial charge is 0.490 e. The average molecular weight is 664 g/mol. The predicted octanol–water partition coefficient (Wildman–Crippen LogP) is 4.01. The number of carbonyl (C=O) groups is 4. The molecule has 250 valence electrons. The fourth-order valence-corrected chi connectivity index (χ4v) is 3.95. The molecule has 2 saturated heterocycles. The van der Waals surface area contributed by atoms with E-state index in [1.807, 2.05) is 30.6 Å². The number of halogens is 9. The van der Waals surface area contributed by atoms with Crippen LogP contribution in [-0.4, -0.2) is 91.2 Å². The zero-order chi connectivity index (χ0) is 34.6. The molecule has 1 spiro atoms. The molecular formula is C25H25F9N4O7. The molecule has 1 atom stereocenters. The summed E-state index contributed by atoms with van der Waals surface area (Å²) < 4.78 is 95.2. The van der Waals surface area contributed by atoms with Crippen molar-refractivity contribution in [3.8, 4) is 0 Å². The third-order valence-corrected chi connectivity index (χ3v) is 6.06. The summed E-state index contributed by atoms with van der Waals surface area (Å²) in [5.41, 5.74) is 2.24. The van der Waals surface area contributed by atoms with Gasteiger partial charge in [-0.2, -0.15) is 39.5 Å². The van der Waals surface area contributed by atoms with Gasteiger partial charge in [0, 0.05) is 50.0 Å². The monoisotopic (exact) mass is 664 g/mol. The molecule has 0 aromatic carbocycles. The van der Waals surface area contributed by atoms with Crippen molar-refractivity contribution in [1.82, 2.24) is 20.2 Å². The van der Waals surface area contributed by atoms with Gasteiger partial charge in [-0.05, 0) is 42.5 Å². The third-order valence-electron chi connectivity index (χ3n) is 6.06. The van der Waals surface area contributed by atoms with Crippen LogP contribution in [0.2, 0.25) is 0 Å². The highest BCUT2D eigenvalue weighted by Crippen LogP contribution is 2.39. The van der Waals surface area contributed by atoms with Gasteiger partial charge in [-0.25, -0.2) is 14.4 Å². The van der Waals surface area contributed by atoms with E-state index in [1.54, 1.807) is 12.4 Å². The molecule has 4 heterocycles. The van der Waals surface area contributed by atoms with E-state index in [9.17, 15) is 44.3 Å². The summed E-state index contributed by atoms with van der Waals surface area (Å²) in [6, 6.07) is 8.02. The van der Waals surface area contributed by atoms with Crippen molar-refractivity contribution in [1.29, 1.82) is 0 Å². The minimum atomic E-state index is -5.08. The second-order valence-electron chi connectivity index (χ2n) is 9.36. The molecule has 2 aliphatic rings. The minimum absolute atomic E-state index is 0.0387. The number of likely N-dealkylation sites (tertiary alicyclic amines) is 1. The third kappa shape index (κ3) is 13.8. The van der Waals surface area contributed by atoms with E-state index in [2.05, 4.69) is 26.3 Å². The van der Waals surface area contributed by atoms with Crippen molar-refractivity contribution in [2.75, 3.05) is 13.1 Å². The maximum absolute atomic E-state index is 12.5. The van der Waals surface area contributed by atoms with Crippen molar-refractivity contribution in [2.24, 2.45) is 0 Å². The molecule has 0 radical (unpaired) electrons. The lowest BCUT2D eigenvalue weighted by molar-refractivity contribution is -0.193. The normalized spacial score (nSPS) is 17.7. The zero-order valence-electron chi connectivity index (χ0n) is 22.7. The molecule has 2 aromatic rings. The Kier molecular flexibility index (Phi) is 13.7. The van der Waals surface area contributed by atoms with Crippen molar-refractivity contribution >= 4 is 23.8 Å². The van der Waals surface area contributed by atoms with Gasteiger partial charge in [-0.15, -0.1) is 0 Å². The first-order chi connectivity index (χ1) is 20.6. The highest BCUT2D eigenvalue weighted by Gasteiger charge is 2.46. The molecule has 0 aliphatic carbocycles. The number of piperidine rings is 1. The molecule has 0 saturated carbocycles. The lowest BCUT2D eigenvalue weighted by Crippen LogP contribution is -2.50. The smallest absolute Gasteiger partial charge is 0.475 e. The summed E-state index contributed by atoms with van der Waals surface area (Å²) >= 11 is 0. The summed E-state index contributed by atoms with van der Waals surface area (Å²) in [6.45, 7) is 2.95. The van der Waals surface area contributed by atoms with E-state index in [-0.39, 0.29) is 17.4 Å². The summed E-state index contributed by atoms with van der Waals surface area (Å²) in [4.78, 5) is 49.9.